The molecule has 0 unspecified atom stereocenters. The van der Waals surface area contributed by atoms with Gasteiger partial charge in [0.1, 0.15) is 29.1 Å². The number of fused-ring (bicyclic) bond motifs is 1. The monoisotopic (exact) mass is 1140 g/mol. The molecule has 5 aliphatic heterocycles. The molecule has 4 N–H and O–H groups in total. The molecule has 456 valence electrons. The molecule has 6 heterocycles. The Bertz CT molecular complexity index is 2630. The molecule has 2 aromatic rings. The third-order valence-corrected chi connectivity index (χ3v) is 17.8. The second kappa shape index (κ2) is 25.5. The Kier molecular flexibility index (Phi) is 20.2. The molecule has 0 saturated carbocycles. The highest BCUT2D eigenvalue weighted by Gasteiger charge is 2.59. The van der Waals surface area contributed by atoms with Gasteiger partial charge in [-0.1, -0.05) is 26.8 Å². The minimum absolute atomic E-state index is 0.0272. The number of carboxylic acids is 1. The van der Waals surface area contributed by atoms with Crippen LogP contribution in [0.4, 0.5) is 4.79 Å². The Morgan fingerprint density at radius 1 is 0.938 bits per heavy atom. The molecule has 18 atom stereocenters. The zero-order valence-electron chi connectivity index (χ0n) is 50.5. The first kappa shape index (κ1) is 64.2. The van der Waals surface area contributed by atoms with E-state index in [0.717, 1.165) is 11.1 Å². The second-order valence-electron chi connectivity index (χ2n) is 25.1. The van der Waals surface area contributed by atoms with Crippen LogP contribution in [-0.2, 0) is 75.7 Å². The van der Waals surface area contributed by atoms with Crippen LogP contribution in [0.15, 0.2) is 23.1 Å². The third kappa shape index (κ3) is 13.8. The van der Waals surface area contributed by atoms with E-state index in [1.54, 1.807) is 45.3 Å². The van der Waals surface area contributed by atoms with Gasteiger partial charge in [0, 0.05) is 61.8 Å². The average molecular weight is 1150 g/mol. The minimum atomic E-state index is -1.63. The molecule has 5 aliphatic rings. The van der Waals surface area contributed by atoms with E-state index in [1.165, 1.54) is 13.3 Å². The maximum absolute atomic E-state index is 14.8. The Labute approximate surface area is 476 Å². The van der Waals surface area contributed by atoms with E-state index in [-0.39, 0.29) is 55.9 Å². The van der Waals surface area contributed by atoms with Crippen LogP contribution in [0, 0.1) is 17.8 Å². The van der Waals surface area contributed by atoms with Gasteiger partial charge in [0.05, 0.1) is 54.5 Å². The number of ether oxygens (including phenoxy) is 10. The SMILES string of the molecule is CC[C@@H]1OC(=O)[C@H](C)[C@@H](O[C@H]2C[C@@](C)(OC)[C@@H](OC(=O)CCNCCCc3cc4c5c(c3)c(=O)c(C(=O)O)cn5C(C)(C)OC4)[C@H](C)O2)[C@@H](C)[C@H](O[C@@H]2O[C@H](C)C[C@H](N(C)C)[C@H]2O)[C@](C)(O)C[C@H](C)CN(C)[C@H](C)[C@@H]2OC(=O)O[C@]12C. The van der Waals surface area contributed by atoms with Gasteiger partial charge in [-0.2, -0.15) is 0 Å². The van der Waals surface area contributed by atoms with Crippen molar-refractivity contribution in [3.63, 3.8) is 0 Å². The number of hydrogen-bond donors (Lipinski definition) is 4. The fourth-order valence-electron chi connectivity index (χ4n) is 13.3. The summed E-state index contributed by atoms with van der Waals surface area (Å²) in [4.78, 5) is 70.7. The number of pyridine rings is 1. The number of aromatic nitrogens is 1. The number of aryl methyl sites for hydroxylation is 1. The molecular weight excluding hydrogens is 1050 g/mol. The molecule has 22 nitrogen and oxygen atoms in total. The van der Waals surface area contributed by atoms with Gasteiger partial charge in [0.2, 0.25) is 5.43 Å². The van der Waals surface area contributed by atoms with Gasteiger partial charge in [-0.05, 0) is 140 Å². The van der Waals surface area contributed by atoms with Gasteiger partial charge < -0.3 is 77.5 Å². The van der Waals surface area contributed by atoms with Crippen molar-refractivity contribution in [1.29, 1.82) is 0 Å². The maximum atomic E-state index is 14.8. The highest BCUT2D eigenvalue weighted by molar-refractivity contribution is 5.94. The number of methoxy groups -OCH3 is 1. The van der Waals surface area contributed by atoms with E-state index in [4.69, 9.17) is 47.4 Å². The summed E-state index contributed by atoms with van der Waals surface area (Å²) in [5.41, 5.74) is -3.53. The van der Waals surface area contributed by atoms with E-state index in [1.807, 2.05) is 85.5 Å². The Morgan fingerprint density at radius 3 is 2.30 bits per heavy atom. The van der Waals surface area contributed by atoms with Crippen molar-refractivity contribution in [1.82, 2.24) is 19.7 Å². The van der Waals surface area contributed by atoms with Crippen LogP contribution < -0.4 is 10.7 Å². The van der Waals surface area contributed by atoms with Crippen molar-refractivity contribution in [2.45, 2.75) is 231 Å². The van der Waals surface area contributed by atoms with Gasteiger partial charge in [-0.3, -0.25) is 19.3 Å². The van der Waals surface area contributed by atoms with Gasteiger partial charge in [0.25, 0.3) is 0 Å². The summed E-state index contributed by atoms with van der Waals surface area (Å²) in [6, 6.07) is 3.02. The van der Waals surface area contributed by atoms with Crippen molar-refractivity contribution >= 4 is 35.0 Å². The fourth-order valence-corrected chi connectivity index (χ4v) is 13.3. The first-order valence-corrected chi connectivity index (χ1v) is 28.9. The summed E-state index contributed by atoms with van der Waals surface area (Å²) in [7, 11) is 7.17. The predicted octanol–water partition coefficient (Wildman–Crippen LogP) is 5.48. The molecule has 4 saturated heterocycles. The number of nitrogens with one attached hydrogen (secondary N) is 1. The number of hydrogen-bond acceptors (Lipinski definition) is 20. The van der Waals surface area contributed by atoms with Crippen molar-refractivity contribution in [3.8, 4) is 0 Å². The molecule has 4 fully saturated rings. The number of aliphatic hydroxyl groups excluding tert-OH is 1. The van der Waals surface area contributed by atoms with Crippen LogP contribution in [-0.4, -0.2) is 192 Å². The average Bonchev–Trinajstić information content (AvgIpc) is 3.70. The number of nitrogens with zero attached hydrogens (tertiary/aromatic N) is 3. The summed E-state index contributed by atoms with van der Waals surface area (Å²) in [5, 5.41) is 38.1. The fraction of sp³-hybridized carbons (Fsp3) is 0.780. The van der Waals surface area contributed by atoms with Crippen molar-refractivity contribution in [2.24, 2.45) is 17.8 Å². The Morgan fingerprint density at radius 2 is 1.64 bits per heavy atom. The minimum Gasteiger partial charge on any atom is -0.477 e. The first-order chi connectivity index (χ1) is 37.9. The number of carbonyl (C=O) groups is 4. The number of likely N-dealkylation sites (N-methyl/N-ethyl adjacent to an activating group) is 2. The summed E-state index contributed by atoms with van der Waals surface area (Å²) in [6.45, 7) is 23.3. The van der Waals surface area contributed by atoms with Gasteiger partial charge in [-0.15, -0.1) is 0 Å². The predicted molar refractivity (Wildman–Crippen MR) is 296 cm³/mol. The molecule has 0 bridgehead atoms. The van der Waals surface area contributed by atoms with Gasteiger partial charge in [-0.25, -0.2) is 9.59 Å². The molecule has 0 spiro atoms. The maximum Gasteiger partial charge on any atom is 0.509 e. The van der Waals surface area contributed by atoms with E-state index < -0.39 is 125 Å². The summed E-state index contributed by atoms with van der Waals surface area (Å²) in [6.07, 6.45) is -6.50. The second-order valence-corrected chi connectivity index (χ2v) is 25.1. The number of carboxylic acid groups (broad SMARTS) is 1. The van der Waals surface area contributed by atoms with Gasteiger partial charge in [0.15, 0.2) is 30.4 Å². The zero-order valence-corrected chi connectivity index (χ0v) is 50.5. The molecule has 1 aromatic heterocycles. The number of rotatable bonds is 16. The largest absolute Gasteiger partial charge is 0.509 e. The van der Waals surface area contributed by atoms with Crippen molar-refractivity contribution in [3.05, 3.63) is 45.2 Å². The molecule has 0 aliphatic carbocycles. The smallest absolute Gasteiger partial charge is 0.477 e. The normalized spacial score (nSPS) is 37.8. The number of aromatic carboxylic acids is 1. The van der Waals surface area contributed by atoms with Crippen LogP contribution in [0.3, 0.4) is 0 Å². The number of benzene rings is 1. The molecule has 1 aromatic carbocycles. The first-order valence-electron chi connectivity index (χ1n) is 28.9. The standard InChI is InChI=1S/C59H92N4O18/c1-17-42-59(12)50(80-55(70)81-59)35(6)62(15)28-31(2)26-57(10,71)49(79-54-47(66)41(61(13)14)23-32(3)74-54)33(4)48(34(5)53(69)76-42)78-44-27-58(11,72-16)51(36(7)75-44)77-43(64)20-22-60-21-18-19-37-24-38-30-73-56(8,9)63-29-40(52(67)68)46(65)39(25-37)45(38)63/h24-25,29,31-36,41-42,44,47-51,54,60,66,71H,17-23,26-28,30H2,1-16H3,(H,67,68)/t31-,32+,33+,34+,35+,36-,41-,42-,44-,47+,48-,49-,50-,51-,54-,57+,58+,59+/m0/s1. The van der Waals surface area contributed by atoms with Crippen LogP contribution in [0.5, 0.6) is 0 Å². The van der Waals surface area contributed by atoms with Crippen LogP contribution >= 0.6 is 0 Å². The lowest BCUT2D eigenvalue weighted by Crippen LogP contribution is -2.61. The topological polar surface area (TPSA) is 262 Å². The quantitative estimate of drug-likeness (QED) is 0.0921. The number of aliphatic hydroxyl groups is 2. The van der Waals surface area contributed by atoms with Crippen molar-refractivity contribution < 1.29 is 81.9 Å². The molecule has 0 amide bonds. The lowest BCUT2D eigenvalue weighted by molar-refractivity contribution is -0.318. The van der Waals surface area contributed by atoms with E-state index in [9.17, 15) is 39.3 Å². The van der Waals surface area contributed by atoms with Gasteiger partial charge >= 0.3 is 24.1 Å². The molecule has 0 radical (unpaired) electrons. The van der Waals surface area contributed by atoms with Crippen molar-refractivity contribution in [2.75, 3.05) is 47.9 Å². The zero-order chi connectivity index (χ0) is 59.8. The van der Waals surface area contributed by atoms with E-state index in [2.05, 4.69) is 5.32 Å². The number of cyclic esters (lactones) is 1. The molecule has 22 heteroatoms. The Balaban J connectivity index is 1.07. The Hall–Kier alpha value is -4.33. The summed E-state index contributed by atoms with van der Waals surface area (Å²) < 4.78 is 64.9. The lowest BCUT2D eigenvalue weighted by Gasteiger charge is -2.49. The van der Waals surface area contributed by atoms with Crippen LogP contribution in [0.25, 0.3) is 10.9 Å². The third-order valence-electron chi connectivity index (χ3n) is 17.8. The molecular formula is C59H92N4O18. The molecule has 81 heavy (non-hydrogen) atoms. The number of esters is 2. The van der Waals surface area contributed by atoms with E-state index >= 15 is 0 Å². The van der Waals surface area contributed by atoms with Crippen LogP contribution in [0.2, 0.25) is 0 Å². The summed E-state index contributed by atoms with van der Waals surface area (Å²) >= 11 is 0. The highest BCUT2D eigenvalue weighted by Crippen LogP contribution is 2.43. The lowest BCUT2D eigenvalue weighted by atomic mass is 9.77. The summed E-state index contributed by atoms with van der Waals surface area (Å²) in [5.74, 6) is -4.56. The number of carbonyl (C=O) groups excluding carboxylic acids is 3. The highest BCUT2D eigenvalue weighted by atomic mass is 16.8. The molecule has 7 rings (SSSR count). The van der Waals surface area contributed by atoms with Crippen LogP contribution in [0.1, 0.15) is 143 Å². The van der Waals surface area contributed by atoms with E-state index in [0.29, 0.717) is 49.8 Å².